The molecular weight excluding hydrogens is 177 g/mol. The van der Waals surface area contributed by atoms with E-state index in [1.165, 1.54) is 14.0 Å². The predicted octanol–water partition coefficient (Wildman–Crippen LogP) is 0.531. The number of aromatic nitrogens is 1. The number of hydrogen-bond acceptors (Lipinski definition) is 2. The summed E-state index contributed by atoms with van der Waals surface area (Å²) in [5.41, 5.74) is -1.34. The molecule has 0 amide bonds. The summed E-state index contributed by atoms with van der Waals surface area (Å²) in [6.45, 7) is 1.26. The van der Waals surface area contributed by atoms with E-state index in [0.717, 1.165) is 10.8 Å². The maximum atomic E-state index is 13.0. The molecule has 5 heteroatoms. The molecule has 0 spiro atoms. The van der Waals surface area contributed by atoms with Gasteiger partial charge in [-0.2, -0.15) is 0 Å². The Hall–Kier alpha value is -1.65. The van der Waals surface area contributed by atoms with Crippen LogP contribution in [0.4, 0.5) is 4.39 Å². The van der Waals surface area contributed by atoms with Crippen molar-refractivity contribution >= 4 is 5.97 Å². The second kappa shape index (κ2) is 3.01. The first kappa shape index (κ1) is 9.44. The highest BCUT2D eigenvalue weighted by Crippen LogP contribution is 2.07. The lowest BCUT2D eigenvalue weighted by molar-refractivity contribution is 0.0692. The van der Waals surface area contributed by atoms with Gasteiger partial charge in [0.15, 0.2) is 0 Å². The van der Waals surface area contributed by atoms with Gasteiger partial charge in [0.05, 0.1) is 0 Å². The standard InChI is InChI=1S/C8H8FNO3/c1-4-5(9)3-10(2)7(11)6(4)8(12)13/h3H,1-2H3,(H,12,13). The molecule has 1 aromatic heterocycles. The SMILES string of the molecule is Cc1c(F)cn(C)c(=O)c1C(=O)O. The number of carbonyl (C=O) groups is 1. The molecule has 0 unspecified atom stereocenters. The van der Waals surface area contributed by atoms with Gasteiger partial charge in [0, 0.05) is 18.8 Å². The number of nitrogens with zero attached hydrogens (tertiary/aromatic N) is 1. The van der Waals surface area contributed by atoms with E-state index in [1.807, 2.05) is 0 Å². The molecule has 0 radical (unpaired) electrons. The van der Waals surface area contributed by atoms with E-state index in [2.05, 4.69) is 0 Å². The Kier molecular flexibility index (Phi) is 2.18. The third-order valence-electron chi connectivity index (χ3n) is 1.79. The predicted molar refractivity (Wildman–Crippen MR) is 43.3 cm³/mol. The quantitative estimate of drug-likeness (QED) is 0.694. The van der Waals surface area contributed by atoms with Crippen molar-refractivity contribution in [1.82, 2.24) is 4.57 Å². The molecule has 0 saturated carbocycles. The molecule has 0 aromatic carbocycles. The first-order valence-corrected chi connectivity index (χ1v) is 3.54. The second-order valence-electron chi connectivity index (χ2n) is 2.70. The van der Waals surface area contributed by atoms with E-state index in [4.69, 9.17) is 5.11 Å². The number of halogens is 1. The number of aromatic carboxylic acids is 1. The minimum atomic E-state index is -1.40. The lowest BCUT2D eigenvalue weighted by Crippen LogP contribution is -2.26. The molecule has 0 bridgehead atoms. The summed E-state index contributed by atoms with van der Waals surface area (Å²) in [4.78, 5) is 21.8. The zero-order valence-electron chi connectivity index (χ0n) is 7.17. The Labute approximate surface area is 73.2 Å². The van der Waals surface area contributed by atoms with Crippen molar-refractivity contribution in [1.29, 1.82) is 0 Å². The van der Waals surface area contributed by atoms with E-state index >= 15 is 0 Å². The number of carboxylic acid groups (broad SMARTS) is 1. The van der Waals surface area contributed by atoms with Crippen LogP contribution in [0, 0.1) is 12.7 Å². The second-order valence-corrected chi connectivity index (χ2v) is 2.70. The van der Waals surface area contributed by atoms with E-state index in [-0.39, 0.29) is 5.56 Å². The first-order chi connectivity index (χ1) is 5.95. The van der Waals surface area contributed by atoms with Crippen molar-refractivity contribution in [2.24, 2.45) is 7.05 Å². The van der Waals surface area contributed by atoms with Crippen molar-refractivity contribution in [3.05, 3.63) is 33.5 Å². The van der Waals surface area contributed by atoms with Gasteiger partial charge < -0.3 is 9.67 Å². The van der Waals surface area contributed by atoms with Crippen LogP contribution < -0.4 is 5.56 Å². The molecule has 0 aliphatic heterocycles. The highest BCUT2D eigenvalue weighted by atomic mass is 19.1. The normalized spacial score (nSPS) is 10.1. The molecule has 1 heterocycles. The van der Waals surface area contributed by atoms with E-state index in [1.54, 1.807) is 0 Å². The molecule has 4 nitrogen and oxygen atoms in total. The summed E-state index contributed by atoms with van der Waals surface area (Å²) < 4.78 is 13.9. The summed E-state index contributed by atoms with van der Waals surface area (Å²) in [6.07, 6.45) is 0.962. The van der Waals surface area contributed by atoms with Crippen LogP contribution in [0.2, 0.25) is 0 Å². The average Bonchev–Trinajstić information content (AvgIpc) is 2.01. The third kappa shape index (κ3) is 1.44. The lowest BCUT2D eigenvalue weighted by atomic mass is 10.1. The van der Waals surface area contributed by atoms with Crippen molar-refractivity contribution in [3.63, 3.8) is 0 Å². The molecule has 13 heavy (non-hydrogen) atoms. The van der Waals surface area contributed by atoms with Crippen LogP contribution in [-0.2, 0) is 7.05 Å². The van der Waals surface area contributed by atoms with Crippen LogP contribution >= 0.6 is 0 Å². The van der Waals surface area contributed by atoms with E-state index in [9.17, 15) is 14.0 Å². The molecule has 0 saturated heterocycles. The summed E-state index contributed by atoms with van der Waals surface area (Å²) in [5.74, 6) is -2.10. The topological polar surface area (TPSA) is 59.3 Å². The fourth-order valence-electron chi connectivity index (χ4n) is 1.03. The van der Waals surface area contributed by atoms with Crippen molar-refractivity contribution in [2.45, 2.75) is 6.92 Å². The third-order valence-corrected chi connectivity index (χ3v) is 1.79. The maximum absolute atomic E-state index is 13.0. The molecule has 70 valence electrons. The monoisotopic (exact) mass is 185 g/mol. The zero-order chi connectivity index (χ0) is 10.2. The smallest absolute Gasteiger partial charge is 0.341 e. The van der Waals surface area contributed by atoms with Crippen molar-refractivity contribution < 1.29 is 14.3 Å². The fraction of sp³-hybridized carbons (Fsp3) is 0.250. The highest BCUT2D eigenvalue weighted by molar-refractivity contribution is 5.88. The fourth-order valence-corrected chi connectivity index (χ4v) is 1.03. The number of hydrogen-bond donors (Lipinski definition) is 1. The Morgan fingerprint density at radius 3 is 2.62 bits per heavy atom. The van der Waals surface area contributed by atoms with Gasteiger partial charge in [-0.1, -0.05) is 0 Å². The van der Waals surface area contributed by atoms with Crippen LogP contribution in [0.15, 0.2) is 11.0 Å². The number of aryl methyl sites for hydroxylation is 1. The Balaban J connectivity index is 3.66. The first-order valence-electron chi connectivity index (χ1n) is 3.54. The summed E-state index contributed by atoms with van der Waals surface area (Å²) >= 11 is 0. The Bertz CT molecular complexity index is 422. The van der Waals surface area contributed by atoms with E-state index in [0.29, 0.717) is 0 Å². The highest BCUT2D eigenvalue weighted by Gasteiger charge is 2.16. The van der Waals surface area contributed by atoms with Gasteiger partial charge in [0.2, 0.25) is 0 Å². The van der Waals surface area contributed by atoms with Crippen LogP contribution in [0.5, 0.6) is 0 Å². The van der Waals surface area contributed by atoms with Crippen molar-refractivity contribution in [3.8, 4) is 0 Å². The van der Waals surface area contributed by atoms with Gasteiger partial charge in [-0.25, -0.2) is 9.18 Å². The van der Waals surface area contributed by atoms with Gasteiger partial charge in [0.25, 0.3) is 5.56 Å². The van der Waals surface area contributed by atoms with E-state index < -0.39 is 22.9 Å². The summed E-state index contributed by atoms with van der Waals surface area (Å²) in [7, 11) is 1.30. The molecule has 0 aliphatic rings. The van der Waals surface area contributed by atoms with Gasteiger partial charge in [-0.15, -0.1) is 0 Å². The molecular formula is C8H8FNO3. The van der Waals surface area contributed by atoms with Crippen LogP contribution in [0.3, 0.4) is 0 Å². The molecule has 1 aromatic rings. The molecule has 0 fully saturated rings. The van der Waals surface area contributed by atoms with Crippen LogP contribution in [0.1, 0.15) is 15.9 Å². The molecule has 0 atom stereocenters. The Morgan fingerprint density at radius 2 is 2.15 bits per heavy atom. The summed E-state index contributed by atoms with van der Waals surface area (Å²) in [6, 6.07) is 0. The number of rotatable bonds is 1. The summed E-state index contributed by atoms with van der Waals surface area (Å²) in [5, 5.41) is 8.62. The van der Waals surface area contributed by atoms with Crippen molar-refractivity contribution in [2.75, 3.05) is 0 Å². The van der Waals surface area contributed by atoms with Gasteiger partial charge in [-0.05, 0) is 6.92 Å². The molecule has 1 N–H and O–H groups in total. The minimum Gasteiger partial charge on any atom is -0.477 e. The number of pyridine rings is 1. The minimum absolute atomic E-state index is 0.129. The maximum Gasteiger partial charge on any atom is 0.341 e. The largest absolute Gasteiger partial charge is 0.477 e. The zero-order valence-corrected chi connectivity index (χ0v) is 7.17. The average molecular weight is 185 g/mol. The molecule has 0 aliphatic carbocycles. The van der Waals surface area contributed by atoms with Crippen LogP contribution in [-0.4, -0.2) is 15.6 Å². The molecule has 1 rings (SSSR count). The Morgan fingerprint density at radius 1 is 1.62 bits per heavy atom. The van der Waals surface area contributed by atoms with Crippen LogP contribution in [0.25, 0.3) is 0 Å². The number of carboxylic acids is 1. The van der Waals surface area contributed by atoms with Gasteiger partial charge in [0.1, 0.15) is 11.4 Å². The van der Waals surface area contributed by atoms with Gasteiger partial charge in [-0.3, -0.25) is 4.79 Å². The van der Waals surface area contributed by atoms with Gasteiger partial charge >= 0.3 is 5.97 Å². The lowest BCUT2D eigenvalue weighted by Gasteiger charge is -2.04.